The number of likely N-dealkylation sites (tertiary alicyclic amines) is 1. The average Bonchev–Trinajstić information content (AvgIpc) is 3.43. The number of carbonyl (C=O) groups excluding carboxylic acids is 2. The van der Waals surface area contributed by atoms with Gasteiger partial charge in [0.05, 0.1) is 24.2 Å². The molecule has 2 heterocycles. The number of aromatic amines is 1. The maximum Gasteiger partial charge on any atom is 0.407 e. The van der Waals surface area contributed by atoms with Gasteiger partial charge in [0.2, 0.25) is 5.91 Å². The quantitative estimate of drug-likeness (QED) is 0.645. The van der Waals surface area contributed by atoms with Crippen molar-refractivity contribution in [2.24, 2.45) is 5.92 Å². The molecule has 0 saturated carbocycles. The zero-order chi connectivity index (χ0) is 22.0. The van der Waals surface area contributed by atoms with Crippen LogP contribution in [-0.4, -0.2) is 46.6 Å². The van der Waals surface area contributed by atoms with E-state index in [0.29, 0.717) is 6.54 Å². The Morgan fingerprint density at radius 1 is 1.16 bits per heavy atom. The molecule has 2 aromatic carbocycles. The van der Waals surface area contributed by atoms with Crippen LogP contribution >= 0.6 is 0 Å². The van der Waals surface area contributed by atoms with Gasteiger partial charge in [-0.15, -0.1) is 0 Å². The second-order valence-corrected chi connectivity index (χ2v) is 8.27. The molecular weight excluding hydrogens is 392 g/mol. The molecule has 0 bridgehead atoms. The second kappa shape index (κ2) is 8.79. The van der Waals surface area contributed by atoms with Crippen LogP contribution in [0.4, 0.5) is 4.79 Å². The number of methoxy groups -OCH3 is 1. The van der Waals surface area contributed by atoms with Gasteiger partial charge in [0.1, 0.15) is 11.9 Å². The maximum absolute atomic E-state index is 13.3. The summed E-state index contributed by atoms with van der Waals surface area (Å²) in [7, 11) is 1.30. The summed E-state index contributed by atoms with van der Waals surface area (Å²) in [6.07, 6.45) is 1.13. The number of alkyl carbamates (subject to hydrolysis) is 1. The van der Waals surface area contributed by atoms with Crippen molar-refractivity contribution >= 4 is 23.0 Å². The zero-order valence-corrected chi connectivity index (χ0v) is 18.1. The van der Waals surface area contributed by atoms with Gasteiger partial charge >= 0.3 is 6.09 Å². The minimum atomic E-state index is -0.637. The van der Waals surface area contributed by atoms with Gasteiger partial charge in [-0.2, -0.15) is 0 Å². The lowest BCUT2D eigenvalue weighted by molar-refractivity contribution is -0.135. The van der Waals surface area contributed by atoms with Gasteiger partial charge in [0, 0.05) is 6.54 Å². The summed E-state index contributed by atoms with van der Waals surface area (Å²) in [5, 5.41) is 2.68. The fourth-order valence-electron chi connectivity index (χ4n) is 4.19. The Hall–Kier alpha value is -3.35. The third-order valence-electron chi connectivity index (χ3n) is 5.85. The SMILES string of the molecule is COC(=O)N[C@H](C(=O)N1CCC[C@H]1c1nc2ccc(-c3ccccc3)cc2[nH]1)C(C)C. The Balaban J connectivity index is 1.60. The highest BCUT2D eigenvalue weighted by atomic mass is 16.5. The van der Waals surface area contributed by atoms with Crippen molar-refractivity contribution in [2.75, 3.05) is 13.7 Å². The summed E-state index contributed by atoms with van der Waals surface area (Å²) >= 11 is 0. The number of carbonyl (C=O) groups is 2. The molecule has 3 aromatic rings. The molecule has 2 N–H and O–H groups in total. The minimum absolute atomic E-state index is 0.0584. The van der Waals surface area contributed by atoms with Gasteiger partial charge in [-0.3, -0.25) is 4.79 Å². The first-order valence-electron chi connectivity index (χ1n) is 10.7. The van der Waals surface area contributed by atoms with Crippen molar-refractivity contribution in [1.29, 1.82) is 0 Å². The number of nitrogens with one attached hydrogen (secondary N) is 2. The molecule has 1 fully saturated rings. The molecule has 1 aliphatic heterocycles. The molecule has 7 nitrogen and oxygen atoms in total. The average molecular weight is 421 g/mol. The number of nitrogens with zero attached hydrogens (tertiary/aromatic N) is 2. The highest BCUT2D eigenvalue weighted by Gasteiger charge is 2.37. The van der Waals surface area contributed by atoms with E-state index in [1.54, 1.807) is 0 Å². The van der Waals surface area contributed by atoms with Crippen LogP contribution in [-0.2, 0) is 9.53 Å². The van der Waals surface area contributed by atoms with Crippen LogP contribution in [0, 0.1) is 5.92 Å². The van der Waals surface area contributed by atoms with Crippen LogP contribution in [0.3, 0.4) is 0 Å². The Morgan fingerprint density at radius 2 is 1.94 bits per heavy atom. The summed E-state index contributed by atoms with van der Waals surface area (Å²) in [5.74, 6) is 0.622. The molecule has 0 aliphatic carbocycles. The number of hydrogen-bond donors (Lipinski definition) is 2. The minimum Gasteiger partial charge on any atom is -0.453 e. The van der Waals surface area contributed by atoms with Gasteiger partial charge in [-0.25, -0.2) is 9.78 Å². The molecule has 1 aromatic heterocycles. The molecule has 1 saturated heterocycles. The van der Waals surface area contributed by atoms with Crippen molar-refractivity contribution in [2.45, 2.75) is 38.8 Å². The van der Waals surface area contributed by atoms with E-state index in [1.807, 2.05) is 43.0 Å². The van der Waals surface area contributed by atoms with Gasteiger partial charge in [0.25, 0.3) is 0 Å². The Morgan fingerprint density at radius 3 is 2.65 bits per heavy atom. The standard InChI is InChI=1S/C24H28N4O3/c1-15(2)21(27-24(30)31-3)23(29)28-13-7-10-20(28)22-25-18-12-11-17(14-19(18)26-22)16-8-5-4-6-9-16/h4-6,8-9,11-12,14-15,20-21H,7,10,13H2,1-3H3,(H,25,26)(H,27,30)/t20-,21-/m0/s1. The molecular formula is C24H28N4O3. The number of H-pyrrole nitrogens is 1. The molecule has 0 spiro atoms. The third kappa shape index (κ3) is 4.26. The molecule has 162 valence electrons. The topological polar surface area (TPSA) is 87.3 Å². The van der Waals surface area contributed by atoms with Crippen LogP contribution in [0.1, 0.15) is 38.6 Å². The van der Waals surface area contributed by atoms with Crippen LogP contribution in [0.15, 0.2) is 48.5 Å². The largest absolute Gasteiger partial charge is 0.453 e. The molecule has 7 heteroatoms. The van der Waals surface area contributed by atoms with Gasteiger partial charge in [-0.05, 0) is 42.0 Å². The number of fused-ring (bicyclic) bond motifs is 1. The van der Waals surface area contributed by atoms with Crippen molar-refractivity contribution in [1.82, 2.24) is 20.2 Å². The Kier molecular flexibility index (Phi) is 5.93. The number of imidazole rings is 1. The Labute approximate surface area is 181 Å². The fraction of sp³-hybridized carbons (Fsp3) is 0.375. The normalized spacial score (nSPS) is 17.2. The van der Waals surface area contributed by atoms with Crippen molar-refractivity contribution in [3.8, 4) is 11.1 Å². The maximum atomic E-state index is 13.3. The lowest BCUT2D eigenvalue weighted by atomic mass is 10.0. The molecule has 4 rings (SSSR count). The lowest BCUT2D eigenvalue weighted by Crippen LogP contribution is -2.51. The third-order valence-corrected chi connectivity index (χ3v) is 5.85. The van der Waals surface area contributed by atoms with Crippen molar-refractivity contribution < 1.29 is 14.3 Å². The zero-order valence-electron chi connectivity index (χ0n) is 18.1. The number of hydrogen-bond acceptors (Lipinski definition) is 4. The smallest absolute Gasteiger partial charge is 0.407 e. The number of rotatable bonds is 5. The first kappa shape index (κ1) is 20.9. The van der Waals surface area contributed by atoms with Crippen LogP contribution in [0.5, 0.6) is 0 Å². The van der Waals surface area contributed by atoms with E-state index in [1.165, 1.54) is 7.11 Å². The first-order valence-corrected chi connectivity index (χ1v) is 10.7. The van der Waals surface area contributed by atoms with Gasteiger partial charge in [-0.1, -0.05) is 50.2 Å². The monoisotopic (exact) mass is 420 g/mol. The van der Waals surface area contributed by atoms with Crippen LogP contribution < -0.4 is 5.32 Å². The molecule has 2 atom stereocenters. The summed E-state index contributed by atoms with van der Waals surface area (Å²) in [6.45, 7) is 4.47. The predicted molar refractivity (Wildman–Crippen MR) is 119 cm³/mol. The number of aromatic nitrogens is 2. The van der Waals surface area contributed by atoms with Gasteiger partial charge < -0.3 is 19.9 Å². The summed E-state index contributed by atoms with van der Waals surface area (Å²) in [5.41, 5.74) is 4.09. The van der Waals surface area contributed by atoms with E-state index in [9.17, 15) is 9.59 Å². The summed E-state index contributed by atoms with van der Waals surface area (Å²) in [4.78, 5) is 35.1. The summed E-state index contributed by atoms with van der Waals surface area (Å²) in [6, 6.07) is 15.6. The number of benzene rings is 2. The fourth-order valence-corrected chi connectivity index (χ4v) is 4.19. The summed E-state index contributed by atoms with van der Waals surface area (Å²) < 4.78 is 4.70. The van der Waals surface area contributed by atoms with E-state index in [4.69, 9.17) is 9.72 Å². The number of amides is 2. The molecule has 2 amide bonds. The second-order valence-electron chi connectivity index (χ2n) is 8.27. The van der Waals surface area contributed by atoms with Crippen LogP contribution in [0.25, 0.3) is 22.2 Å². The van der Waals surface area contributed by atoms with E-state index < -0.39 is 12.1 Å². The lowest BCUT2D eigenvalue weighted by Gasteiger charge is -2.29. The van der Waals surface area contributed by atoms with E-state index >= 15 is 0 Å². The molecule has 1 aliphatic rings. The predicted octanol–water partition coefficient (Wildman–Crippen LogP) is 4.27. The molecule has 0 radical (unpaired) electrons. The number of ether oxygens (including phenoxy) is 1. The van der Waals surface area contributed by atoms with Gasteiger partial charge in [0.15, 0.2) is 0 Å². The Bertz CT molecular complexity index is 1080. The first-order chi connectivity index (χ1) is 15.0. The highest BCUT2D eigenvalue weighted by molar-refractivity contribution is 5.87. The van der Waals surface area contributed by atoms with Crippen molar-refractivity contribution in [3.05, 3.63) is 54.4 Å². The van der Waals surface area contributed by atoms with E-state index in [2.05, 4.69) is 34.6 Å². The highest BCUT2D eigenvalue weighted by Crippen LogP contribution is 2.33. The van der Waals surface area contributed by atoms with Crippen molar-refractivity contribution in [3.63, 3.8) is 0 Å². The molecule has 31 heavy (non-hydrogen) atoms. The van der Waals surface area contributed by atoms with E-state index in [-0.39, 0.29) is 17.9 Å². The van der Waals surface area contributed by atoms with E-state index in [0.717, 1.165) is 40.8 Å². The van der Waals surface area contributed by atoms with Crippen LogP contribution in [0.2, 0.25) is 0 Å². The molecule has 0 unspecified atom stereocenters.